The third kappa shape index (κ3) is 4.55. The molecule has 1 fully saturated rings. The van der Waals surface area contributed by atoms with Crippen LogP contribution in [0, 0.1) is 11.8 Å². The Balaban J connectivity index is 1.86. The predicted molar refractivity (Wildman–Crippen MR) is 108 cm³/mol. The van der Waals surface area contributed by atoms with Crippen LogP contribution in [0.1, 0.15) is 57.1 Å². The van der Waals surface area contributed by atoms with Crippen molar-refractivity contribution in [2.24, 2.45) is 16.8 Å². The molecule has 6 nitrogen and oxygen atoms in total. The van der Waals surface area contributed by atoms with Gasteiger partial charge in [0.2, 0.25) is 0 Å². The summed E-state index contributed by atoms with van der Waals surface area (Å²) in [5, 5.41) is 12.7. The molecule has 2 unspecified atom stereocenters. The van der Waals surface area contributed by atoms with Crippen LogP contribution in [0.15, 0.2) is 23.2 Å². The van der Waals surface area contributed by atoms with Crippen molar-refractivity contribution in [1.29, 1.82) is 0 Å². The largest absolute Gasteiger partial charge is 0.506 e. The number of nitrogens with zero attached hydrogens (tertiary/aromatic N) is 1. The highest BCUT2D eigenvalue weighted by Crippen LogP contribution is 2.36. The fraction of sp³-hybridized carbons (Fsp3) is 0.571. The topological polar surface area (TPSA) is 88.0 Å². The van der Waals surface area contributed by atoms with Gasteiger partial charge >= 0.3 is 6.03 Å². The molecule has 1 aromatic carbocycles. The lowest BCUT2D eigenvalue weighted by Crippen LogP contribution is -2.45. The van der Waals surface area contributed by atoms with Gasteiger partial charge in [0.1, 0.15) is 11.5 Å². The Morgan fingerprint density at radius 2 is 2.04 bits per heavy atom. The number of hydrogen-bond donors (Lipinski definition) is 2. The number of rotatable bonds is 6. The number of benzene rings is 1. The summed E-state index contributed by atoms with van der Waals surface area (Å²) >= 11 is 6.06. The summed E-state index contributed by atoms with van der Waals surface area (Å²) in [6.07, 6.45) is 5.28. The van der Waals surface area contributed by atoms with Crippen LogP contribution in [0.25, 0.3) is 0 Å². The molecular formula is C21H27ClN2O4. The first-order chi connectivity index (χ1) is 13.4. The number of carbonyl (C=O) groups excluding carboxylic acids is 2. The van der Waals surface area contributed by atoms with Gasteiger partial charge in [-0.1, -0.05) is 24.6 Å². The molecule has 0 aromatic heterocycles. The number of nitrogens with one attached hydrogen (secondary N) is 1. The van der Waals surface area contributed by atoms with E-state index in [1.807, 2.05) is 6.92 Å². The Hall–Kier alpha value is -1.92. The van der Waals surface area contributed by atoms with Gasteiger partial charge in [-0.25, -0.2) is 9.79 Å². The van der Waals surface area contributed by atoms with Crippen LogP contribution in [0.3, 0.4) is 0 Å². The van der Waals surface area contributed by atoms with Gasteiger partial charge in [0, 0.05) is 19.2 Å². The molecule has 152 valence electrons. The van der Waals surface area contributed by atoms with Crippen LogP contribution >= 0.6 is 11.6 Å². The third-order valence-electron chi connectivity index (χ3n) is 5.87. The number of aromatic hydroxyl groups is 1. The fourth-order valence-electron chi connectivity index (χ4n) is 4.27. The highest BCUT2D eigenvalue weighted by Gasteiger charge is 2.39. The molecule has 1 aliphatic carbocycles. The normalized spacial score (nSPS) is 27.8. The minimum Gasteiger partial charge on any atom is -0.506 e. The van der Waals surface area contributed by atoms with Gasteiger partial charge in [-0.15, -0.1) is 0 Å². The second-order valence-electron chi connectivity index (χ2n) is 7.62. The summed E-state index contributed by atoms with van der Waals surface area (Å²) in [7, 11) is 1.74. The molecule has 0 spiro atoms. The van der Waals surface area contributed by atoms with Gasteiger partial charge in [0.15, 0.2) is 0 Å². The van der Waals surface area contributed by atoms with Gasteiger partial charge in [0.25, 0.3) is 0 Å². The van der Waals surface area contributed by atoms with Crippen LogP contribution in [0.4, 0.5) is 4.79 Å². The molecule has 0 radical (unpaired) electrons. The number of ketones is 1. The van der Waals surface area contributed by atoms with Crippen molar-refractivity contribution in [3.8, 4) is 5.75 Å². The number of urea groups is 1. The fourth-order valence-corrected chi connectivity index (χ4v) is 4.45. The van der Waals surface area contributed by atoms with E-state index >= 15 is 0 Å². The highest BCUT2D eigenvalue weighted by molar-refractivity contribution is 6.32. The van der Waals surface area contributed by atoms with E-state index in [0.717, 1.165) is 25.7 Å². The van der Waals surface area contributed by atoms with Gasteiger partial charge in [0.05, 0.1) is 23.1 Å². The summed E-state index contributed by atoms with van der Waals surface area (Å²) in [5.41, 5.74) is 1.35. The zero-order chi connectivity index (χ0) is 20.3. The average molecular weight is 407 g/mol. The van der Waals surface area contributed by atoms with E-state index in [2.05, 4.69) is 10.3 Å². The van der Waals surface area contributed by atoms with Crippen molar-refractivity contribution >= 4 is 29.1 Å². The van der Waals surface area contributed by atoms with Gasteiger partial charge in [-0.3, -0.25) is 4.79 Å². The molecule has 28 heavy (non-hydrogen) atoms. The quantitative estimate of drug-likeness (QED) is 0.730. The number of amides is 2. The van der Waals surface area contributed by atoms with E-state index in [0.29, 0.717) is 36.1 Å². The monoisotopic (exact) mass is 406 g/mol. The summed E-state index contributed by atoms with van der Waals surface area (Å²) in [6.45, 7) is 1.82. The van der Waals surface area contributed by atoms with Crippen molar-refractivity contribution in [1.82, 2.24) is 5.32 Å². The van der Waals surface area contributed by atoms with Gasteiger partial charge < -0.3 is 15.2 Å². The molecule has 1 saturated carbocycles. The summed E-state index contributed by atoms with van der Waals surface area (Å²) in [4.78, 5) is 29.3. The standard InChI is InChI=1S/C21H27ClN2O4/c1-3-17(25)19-16(10-12-4-7-14(28-2)8-5-12)23-21(27)24-20(19)13-6-9-18(26)15(22)11-13/h6,9,11-12,14,19-20,26H,3-5,7-8,10H2,1-2H3,(H,24,27). The number of hydrogen-bond acceptors (Lipinski definition) is 4. The molecule has 1 aliphatic heterocycles. The van der Waals surface area contributed by atoms with E-state index in [-0.39, 0.29) is 16.6 Å². The lowest BCUT2D eigenvalue weighted by atomic mass is 9.77. The number of carbonyl (C=O) groups is 2. The van der Waals surface area contributed by atoms with Crippen molar-refractivity contribution in [2.45, 2.75) is 57.6 Å². The van der Waals surface area contributed by atoms with Crippen LogP contribution in [-0.2, 0) is 9.53 Å². The summed E-state index contributed by atoms with van der Waals surface area (Å²) < 4.78 is 5.44. The summed E-state index contributed by atoms with van der Waals surface area (Å²) in [6, 6.07) is 3.81. The molecule has 2 amide bonds. The van der Waals surface area contributed by atoms with E-state index in [1.165, 1.54) is 6.07 Å². The van der Waals surface area contributed by atoms with Gasteiger partial charge in [-0.2, -0.15) is 0 Å². The van der Waals surface area contributed by atoms with Crippen molar-refractivity contribution in [2.75, 3.05) is 7.11 Å². The summed E-state index contributed by atoms with van der Waals surface area (Å²) in [5.74, 6) is -0.107. The lowest BCUT2D eigenvalue weighted by Gasteiger charge is -2.34. The molecule has 0 saturated heterocycles. The molecule has 3 rings (SSSR count). The molecular weight excluding hydrogens is 380 g/mol. The molecule has 7 heteroatoms. The molecule has 2 N–H and O–H groups in total. The minimum atomic E-state index is -0.527. The second-order valence-corrected chi connectivity index (χ2v) is 8.03. The zero-order valence-corrected chi connectivity index (χ0v) is 17.0. The van der Waals surface area contributed by atoms with E-state index in [1.54, 1.807) is 19.2 Å². The SMILES string of the molecule is CCC(=O)C1C(CC2CCC(OC)CC2)=NC(=O)NC1c1ccc(O)c(Cl)c1. The number of phenolic OH excluding ortho intramolecular Hbond substituents is 1. The number of phenols is 1. The molecule has 1 aromatic rings. The number of ether oxygens (including phenoxy) is 1. The molecule has 0 bridgehead atoms. The maximum atomic E-state index is 12.8. The number of halogens is 1. The second kappa shape index (κ2) is 9.05. The molecule has 2 aliphatic rings. The Kier molecular flexibility index (Phi) is 6.73. The molecule has 2 atom stereocenters. The smallest absolute Gasteiger partial charge is 0.341 e. The average Bonchev–Trinajstić information content (AvgIpc) is 2.69. The van der Waals surface area contributed by atoms with Crippen LogP contribution in [0.5, 0.6) is 5.75 Å². The lowest BCUT2D eigenvalue weighted by molar-refractivity contribution is -0.121. The maximum Gasteiger partial charge on any atom is 0.341 e. The van der Waals surface area contributed by atoms with Crippen molar-refractivity contribution in [3.63, 3.8) is 0 Å². The number of aliphatic imine (C=N–C) groups is 1. The van der Waals surface area contributed by atoms with Crippen molar-refractivity contribution < 1.29 is 19.4 Å². The van der Waals surface area contributed by atoms with E-state index in [9.17, 15) is 14.7 Å². The molecule has 1 heterocycles. The Labute approximate surface area is 170 Å². The van der Waals surface area contributed by atoms with E-state index in [4.69, 9.17) is 16.3 Å². The maximum absolute atomic E-state index is 12.8. The first-order valence-electron chi connectivity index (χ1n) is 9.84. The van der Waals surface area contributed by atoms with Crippen LogP contribution in [0.2, 0.25) is 5.02 Å². The number of methoxy groups -OCH3 is 1. The van der Waals surface area contributed by atoms with Crippen LogP contribution in [-0.4, -0.2) is 35.8 Å². The van der Waals surface area contributed by atoms with Gasteiger partial charge in [-0.05, 0) is 55.7 Å². The van der Waals surface area contributed by atoms with Crippen molar-refractivity contribution in [3.05, 3.63) is 28.8 Å². The first kappa shape index (κ1) is 20.8. The first-order valence-corrected chi connectivity index (χ1v) is 10.2. The predicted octanol–water partition coefficient (Wildman–Crippen LogP) is 4.44. The highest BCUT2D eigenvalue weighted by atomic mass is 35.5. The Morgan fingerprint density at radius 1 is 1.32 bits per heavy atom. The number of Topliss-reactive ketones (excluding diaryl/α,β-unsaturated/α-hetero) is 1. The minimum absolute atomic E-state index is 0.0327. The van der Waals surface area contributed by atoms with Crippen LogP contribution < -0.4 is 5.32 Å². The Morgan fingerprint density at radius 3 is 2.64 bits per heavy atom. The third-order valence-corrected chi connectivity index (χ3v) is 6.17. The zero-order valence-electron chi connectivity index (χ0n) is 16.3. The Bertz CT molecular complexity index is 772. The van der Waals surface area contributed by atoms with E-state index < -0.39 is 18.0 Å².